The molecule has 0 amide bonds. The van der Waals surface area contributed by atoms with Gasteiger partial charge in [0.1, 0.15) is 5.02 Å². The van der Waals surface area contributed by atoms with Gasteiger partial charge in [-0.25, -0.2) is 0 Å². The third kappa shape index (κ3) is 2.59. The fourth-order valence-corrected chi connectivity index (χ4v) is 1.06. The highest BCUT2D eigenvalue weighted by atomic mass is 35.5. The molecule has 1 aromatic rings. The van der Waals surface area contributed by atoms with E-state index in [2.05, 4.69) is 0 Å². The number of carbonyl (C=O) groups is 1. The average Bonchev–Trinajstić information content (AvgIpc) is 2.13. The highest BCUT2D eigenvalue weighted by Crippen LogP contribution is 2.31. The molecule has 1 rings (SSSR count). The van der Waals surface area contributed by atoms with E-state index in [-0.39, 0.29) is 17.3 Å². The smallest absolute Gasteiger partial charge is 0.325 e. The number of ether oxygens (including phenoxy) is 1. The van der Waals surface area contributed by atoms with Crippen molar-refractivity contribution in [1.29, 1.82) is 0 Å². The van der Waals surface area contributed by atoms with Crippen LogP contribution in [0.1, 0.15) is 0 Å². The maximum Gasteiger partial charge on any atom is 0.325 e. The van der Waals surface area contributed by atoms with Crippen LogP contribution in [0.5, 0.6) is 5.75 Å². The van der Waals surface area contributed by atoms with Crippen LogP contribution < -0.4 is 10.5 Å². The Hall–Kier alpha value is -0.770. The van der Waals surface area contributed by atoms with Crippen LogP contribution in [0, 0.1) is 0 Å². The van der Waals surface area contributed by atoms with Gasteiger partial charge in [-0.1, -0.05) is 29.3 Å². The van der Waals surface area contributed by atoms with E-state index in [1.54, 1.807) is 18.2 Å². The molecule has 0 aromatic heterocycles. The van der Waals surface area contributed by atoms with Crippen molar-refractivity contribution in [1.82, 2.24) is 0 Å². The lowest BCUT2D eigenvalue weighted by atomic mass is 10.3. The Balaban J connectivity index is 2.89. The third-order valence-electron chi connectivity index (χ3n) is 1.31. The summed E-state index contributed by atoms with van der Waals surface area (Å²) < 4.78 is 4.79. The summed E-state index contributed by atoms with van der Waals surface area (Å²) in [7, 11) is 0. The fraction of sp³-hybridized carbons (Fsp3) is 0.125. The van der Waals surface area contributed by atoms with Crippen molar-refractivity contribution in [3.63, 3.8) is 0 Å². The molecule has 2 N–H and O–H groups in total. The molecule has 0 aliphatic carbocycles. The zero-order valence-corrected chi connectivity index (χ0v) is 8.10. The third-order valence-corrected chi connectivity index (χ3v) is 2.11. The first-order valence-electron chi connectivity index (χ1n) is 3.50. The molecule has 0 saturated heterocycles. The maximum absolute atomic E-state index is 10.8. The highest BCUT2D eigenvalue weighted by Gasteiger charge is 2.08. The van der Waals surface area contributed by atoms with Gasteiger partial charge in [-0.15, -0.1) is 0 Å². The molecule has 0 saturated carbocycles. The molecule has 0 radical (unpaired) electrons. The fourth-order valence-electron chi connectivity index (χ4n) is 0.727. The van der Waals surface area contributed by atoms with Crippen LogP contribution >= 0.6 is 23.2 Å². The van der Waals surface area contributed by atoms with Crippen molar-refractivity contribution in [2.75, 3.05) is 6.54 Å². The van der Waals surface area contributed by atoms with Crippen molar-refractivity contribution < 1.29 is 9.53 Å². The average molecular weight is 220 g/mol. The SMILES string of the molecule is NCC(=O)Oc1cccc(Cl)c1Cl. The van der Waals surface area contributed by atoms with E-state index in [0.29, 0.717) is 5.02 Å². The lowest BCUT2D eigenvalue weighted by Gasteiger charge is -2.04. The van der Waals surface area contributed by atoms with Crippen LogP contribution in [0.25, 0.3) is 0 Å². The second-order valence-corrected chi connectivity index (χ2v) is 3.02. The number of benzene rings is 1. The summed E-state index contributed by atoms with van der Waals surface area (Å²) in [4.78, 5) is 10.8. The van der Waals surface area contributed by atoms with Gasteiger partial charge in [-0.05, 0) is 12.1 Å². The minimum Gasteiger partial charge on any atom is -0.424 e. The first kappa shape index (κ1) is 10.3. The van der Waals surface area contributed by atoms with Crippen LogP contribution in [-0.2, 0) is 4.79 Å². The Kier molecular flexibility index (Phi) is 3.54. The molecule has 0 spiro atoms. The van der Waals surface area contributed by atoms with E-state index in [1.165, 1.54) is 0 Å². The lowest BCUT2D eigenvalue weighted by Crippen LogP contribution is -2.19. The van der Waals surface area contributed by atoms with Gasteiger partial charge in [0.2, 0.25) is 0 Å². The zero-order valence-electron chi connectivity index (χ0n) is 6.59. The monoisotopic (exact) mass is 219 g/mol. The summed E-state index contributed by atoms with van der Waals surface area (Å²) in [6.07, 6.45) is 0. The number of rotatable bonds is 2. The van der Waals surface area contributed by atoms with E-state index < -0.39 is 5.97 Å². The molecule has 0 heterocycles. The van der Waals surface area contributed by atoms with Crippen molar-refractivity contribution in [2.24, 2.45) is 5.73 Å². The van der Waals surface area contributed by atoms with Crippen LogP contribution in [0.2, 0.25) is 10.0 Å². The summed E-state index contributed by atoms with van der Waals surface area (Å²) in [6, 6.07) is 4.78. The molecule has 1 aromatic carbocycles. The van der Waals surface area contributed by atoms with Crippen LogP contribution in [0.4, 0.5) is 0 Å². The molecular weight excluding hydrogens is 213 g/mol. The van der Waals surface area contributed by atoms with Crippen molar-refractivity contribution in [3.8, 4) is 5.75 Å². The van der Waals surface area contributed by atoms with Gasteiger partial charge in [0, 0.05) is 0 Å². The Morgan fingerprint density at radius 2 is 2.15 bits per heavy atom. The molecule has 0 aliphatic rings. The second kappa shape index (κ2) is 4.46. The number of hydrogen-bond donors (Lipinski definition) is 1. The normalized spacial score (nSPS) is 9.77. The highest BCUT2D eigenvalue weighted by molar-refractivity contribution is 6.43. The number of nitrogens with two attached hydrogens (primary N) is 1. The van der Waals surface area contributed by atoms with Gasteiger partial charge in [0.15, 0.2) is 5.75 Å². The van der Waals surface area contributed by atoms with E-state index in [9.17, 15) is 4.79 Å². The largest absolute Gasteiger partial charge is 0.424 e. The molecule has 3 nitrogen and oxygen atoms in total. The van der Waals surface area contributed by atoms with Crippen molar-refractivity contribution in [3.05, 3.63) is 28.2 Å². The number of halogens is 2. The first-order chi connectivity index (χ1) is 6.15. The zero-order chi connectivity index (χ0) is 9.84. The molecule has 0 atom stereocenters. The molecule has 0 unspecified atom stereocenters. The summed E-state index contributed by atoms with van der Waals surface area (Å²) in [5, 5.41) is 0.551. The van der Waals surface area contributed by atoms with Crippen LogP contribution in [0.15, 0.2) is 18.2 Å². The van der Waals surface area contributed by atoms with Gasteiger partial charge >= 0.3 is 5.97 Å². The predicted molar refractivity (Wildman–Crippen MR) is 51.2 cm³/mol. The Morgan fingerprint density at radius 1 is 1.46 bits per heavy atom. The molecular formula is C8H7Cl2NO2. The first-order valence-corrected chi connectivity index (χ1v) is 4.25. The molecule has 13 heavy (non-hydrogen) atoms. The summed E-state index contributed by atoms with van der Waals surface area (Å²) in [6.45, 7) is -0.192. The van der Waals surface area contributed by atoms with Crippen molar-refractivity contribution in [2.45, 2.75) is 0 Å². The second-order valence-electron chi connectivity index (χ2n) is 2.23. The van der Waals surface area contributed by atoms with Gasteiger partial charge in [0.25, 0.3) is 0 Å². The number of carbonyl (C=O) groups excluding carboxylic acids is 1. The Morgan fingerprint density at radius 3 is 2.77 bits per heavy atom. The number of hydrogen-bond acceptors (Lipinski definition) is 3. The van der Waals surface area contributed by atoms with E-state index in [4.69, 9.17) is 33.7 Å². The molecule has 0 aliphatic heterocycles. The van der Waals surface area contributed by atoms with Gasteiger partial charge in [-0.2, -0.15) is 0 Å². The number of esters is 1. The molecule has 0 bridgehead atoms. The summed E-state index contributed by atoms with van der Waals surface area (Å²) in [5.74, 6) is -0.325. The standard InChI is InChI=1S/C8H7Cl2NO2/c9-5-2-1-3-6(8(5)10)13-7(12)4-11/h1-3H,4,11H2. The van der Waals surface area contributed by atoms with Crippen molar-refractivity contribution >= 4 is 29.2 Å². The Labute approximate surface area is 85.4 Å². The molecule has 70 valence electrons. The van der Waals surface area contributed by atoms with Gasteiger partial charge < -0.3 is 10.5 Å². The summed E-state index contributed by atoms with van der Waals surface area (Å²) >= 11 is 11.4. The maximum atomic E-state index is 10.8. The van der Waals surface area contributed by atoms with E-state index >= 15 is 0 Å². The summed E-state index contributed by atoms with van der Waals surface area (Å²) in [5.41, 5.74) is 5.06. The topological polar surface area (TPSA) is 52.3 Å². The van der Waals surface area contributed by atoms with Crippen LogP contribution in [0.3, 0.4) is 0 Å². The van der Waals surface area contributed by atoms with Gasteiger partial charge in [0.05, 0.1) is 11.6 Å². The minimum atomic E-state index is -0.552. The van der Waals surface area contributed by atoms with Crippen LogP contribution in [-0.4, -0.2) is 12.5 Å². The van der Waals surface area contributed by atoms with Gasteiger partial charge in [-0.3, -0.25) is 4.79 Å². The minimum absolute atomic E-state index is 0.192. The lowest BCUT2D eigenvalue weighted by molar-refractivity contribution is -0.132. The molecule has 0 fully saturated rings. The molecule has 5 heteroatoms. The van der Waals surface area contributed by atoms with E-state index in [0.717, 1.165) is 0 Å². The van der Waals surface area contributed by atoms with E-state index in [1.807, 2.05) is 0 Å². The quantitative estimate of drug-likeness (QED) is 0.611. The predicted octanol–water partition coefficient (Wildman–Crippen LogP) is 1.86. The Bertz CT molecular complexity index is 328.